The Labute approximate surface area is 127 Å². The summed E-state index contributed by atoms with van der Waals surface area (Å²) in [6, 6.07) is 6.00. The van der Waals surface area contributed by atoms with Crippen LogP contribution in [0.3, 0.4) is 0 Å². The zero-order valence-electron chi connectivity index (χ0n) is 12.2. The highest BCUT2D eigenvalue weighted by Crippen LogP contribution is 2.37. The Hall–Kier alpha value is -2.57. The minimum absolute atomic E-state index is 0.0589. The van der Waals surface area contributed by atoms with Gasteiger partial charge in [-0.25, -0.2) is 0 Å². The van der Waals surface area contributed by atoms with Gasteiger partial charge in [-0.1, -0.05) is 11.3 Å². The van der Waals surface area contributed by atoms with Crippen LogP contribution in [0.4, 0.5) is 0 Å². The number of carbonyl (C=O) groups is 1. The maximum atomic E-state index is 12.4. The van der Waals surface area contributed by atoms with Crippen molar-refractivity contribution in [1.82, 2.24) is 19.9 Å². The first-order chi connectivity index (χ1) is 10.7. The van der Waals surface area contributed by atoms with E-state index in [0.29, 0.717) is 18.2 Å². The molecular formula is C15H16N4O3. The van der Waals surface area contributed by atoms with Crippen molar-refractivity contribution in [2.75, 3.05) is 19.9 Å². The van der Waals surface area contributed by atoms with Crippen LogP contribution in [0.15, 0.2) is 24.4 Å². The van der Waals surface area contributed by atoms with E-state index in [4.69, 9.17) is 9.47 Å². The topological polar surface area (TPSA) is 69.5 Å². The number of amides is 1. The molecule has 4 rings (SSSR count). The molecule has 0 spiro atoms. The van der Waals surface area contributed by atoms with Gasteiger partial charge >= 0.3 is 0 Å². The van der Waals surface area contributed by atoms with Gasteiger partial charge in [-0.2, -0.15) is 0 Å². The second-order valence-electron chi connectivity index (χ2n) is 5.63. The van der Waals surface area contributed by atoms with Gasteiger partial charge in [-0.15, -0.1) is 5.10 Å². The van der Waals surface area contributed by atoms with Gasteiger partial charge < -0.3 is 14.4 Å². The van der Waals surface area contributed by atoms with Crippen molar-refractivity contribution in [2.24, 2.45) is 7.05 Å². The van der Waals surface area contributed by atoms with Gasteiger partial charge in [-0.3, -0.25) is 9.48 Å². The highest BCUT2D eigenvalue weighted by Gasteiger charge is 2.30. The van der Waals surface area contributed by atoms with Crippen LogP contribution in [0.1, 0.15) is 28.4 Å². The van der Waals surface area contributed by atoms with Gasteiger partial charge in [0, 0.05) is 26.1 Å². The van der Waals surface area contributed by atoms with E-state index in [2.05, 4.69) is 16.4 Å². The quantitative estimate of drug-likeness (QED) is 0.833. The second-order valence-corrected chi connectivity index (χ2v) is 5.63. The summed E-state index contributed by atoms with van der Waals surface area (Å²) in [6.07, 6.45) is 2.59. The first-order valence-electron chi connectivity index (χ1n) is 7.26. The zero-order chi connectivity index (χ0) is 15.1. The number of rotatable bonds is 2. The third-order valence-electron chi connectivity index (χ3n) is 4.17. The predicted molar refractivity (Wildman–Crippen MR) is 76.8 cm³/mol. The predicted octanol–water partition coefficient (Wildman–Crippen LogP) is 1.17. The van der Waals surface area contributed by atoms with Crippen LogP contribution >= 0.6 is 0 Å². The molecule has 0 aliphatic carbocycles. The Balaban J connectivity index is 1.49. The maximum absolute atomic E-state index is 12.4. The van der Waals surface area contributed by atoms with E-state index in [1.165, 1.54) is 5.56 Å². The SMILES string of the molecule is Cn1cc(C(=O)N2CC[C@H](c3ccc4c(c3)OCO4)C2)nn1. The van der Waals surface area contributed by atoms with Crippen LogP contribution < -0.4 is 9.47 Å². The van der Waals surface area contributed by atoms with E-state index in [1.54, 1.807) is 17.9 Å². The van der Waals surface area contributed by atoms with E-state index >= 15 is 0 Å². The third-order valence-corrected chi connectivity index (χ3v) is 4.17. The number of fused-ring (bicyclic) bond motifs is 1. The molecule has 1 saturated heterocycles. The van der Waals surface area contributed by atoms with Gasteiger partial charge in [0.1, 0.15) is 0 Å². The number of carbonyl (C=O) groups excluding carboxylic acids is 1. The van der Waals surface area contributed by atoms with Crippen molar-refractivity contribution < 1.29 is 14.3 Å². The number of likely N-dealkylation sites (tertiary alicyclic amines) is 1. The molecule has 2 aromatic rings. The number of aromatic nitrogens is 3. The lowest BCUT2D eigenvalue weighted by Crippen LogP contribution is -2.28. The van der Waals surface area contributed by atoms with Crippen molar-refractivity contribution in [3.8, 4) is 11.5 Å². The highest BCUT2D eigenvalue weighted by atomic mass is 16.7. The normalized spacial score (nSPS) is 19.7. The number of hydrogen-bond acceptors (Lipinski definition) is 5. The van der Waals surface area contributed by atoms with Crippen molar-refractivity contribution in [3.05, 3.63) is 35.7 Å². The summed E-state index contributed by atoms with van der Waals surface area (Å²) >= 11 is 0. The lowest BCUT2D eigenvalue weighted by atomic mass is 9.98. The fraction of sp³-hybridized carbons (Fsp3) is 0.400. The van der Waals surface area contributed by atoms with E-state index in [0.717, 1.165) is 24.5 Å². The van der Waals surface area contributed by atoms with Crippen molar-refractivity contribution in [3.63, 3.8) is 0 Å². The van der Waals surface area contributed by atoms with Crippen molar-refractivity contribution >= 4 is 5.91 Å². The number of benzene rings is 1. The Morgan fingerprint density at radius 2 is 2.18 bits per heavy atom. The van der Waals surface area contributed by atoms with Gasteiger partial charge in [0.2, 0.25) is 6.79 Å². The third kappa shape index (κ3) is 2.18. The number of hydrogen-bond donors (Lipinski definition) is 0. The largest absolute Gasteiger partial charge is 0.454 e. The molecule has 7 nitrogen and oxygen atoms in total. The van der Waals surface area contributed by atoms with Gasteiger partial charge in [-0.05, 0) is 24.1 Å². The molecule has 0 saturated carbocycles. The molecule has 0 unspecified atom stereocenters. The lowest BCUT2D eigenvalue weighted by molar-refractivity contribution is 0.0785. The molecule has 1 aromatic heterocycles. The lowest BCUT2D eigenvalue weighted by Gasteiger charge is -2.15. The Bertz CT molecular complexity index is 727. The molecule has 1 aromatic carbocycles. The maximum Gasteiger partial charge on any atom is 0.276 e. The standard InChI is InChI=1S/C15H16N4O3/c1-18-8-12(16-17-18)15(20)19-5-4-11(7-19)10-2-3-13-14(6-10)22-9-21-13/h2-3,6,8,11H,4-5,7,9H2,1H3/t11-/m0/s1. The fourth-order valence-corrected chi connectivity index (χ4v) is 2.99. The van der Waals surface area contributed by atoms with Gasteiger partial charge in [0.05, 0.1) is 6.20 Å². The van der Waals surface area contributed by atoms with E-state index < -0.39 is 0 Å². The summed E-state index contributed by atoms with van der Waals surface area (Å²) in [4.78, 5) is 14.2. The van der Waals surface area contributed by atoms with Crippen LogP contribution in [0.2, 0.25) is 0 Å². The van der Waals surface area contributed by atoms with Crippen LogP contribution in [0, 0.1) is 0 Å². The molecule has 3 heterocycles. The van der Waals surface area contributed by atoms with Crippen molar-refractivity contribution in [1.29, 1.82) is 0 Å². The summed E-state index contributed by atoms with van der Waals surface area (Å²) < 4.78 is 12.3. The molecule has 2 aliphatic rings. The Morgan fingerprint density at radius 1 is 1.32 bits per heavy atom. The smallest absolute Gasteiger partial charge is 0.276 e. The summed E-state index contributed by atoms with van der Waals surface area (Å²) in [5.41, 5.74) is 1.58. The number of aryl methyl sites for hydroxylation is 1. The minimum Gasteiger partial charge on any atom is -0.454 e. The monoisotopic (exact) mass is 300 g/mol. The molecule has 114 valence electrons. The Kier molecular flexibility index (Phi) is 2.99. The van der Waals surface area contributed by atoms with Gasteiger partial charge in [0.25, 0.3) is 5.91 Å². The van der Waals surface area contributed by atoms with E-state index in [9.17, 15) is 4.79 Å². The highest BCUT2D eigenvalue weighted by molar-refractivity contribution is 5.92. The summed E-state index contributed by atoms with van der Waals surface area (Å²) in [5.74, 6) is 1.83. The molecule has 1 atom stereocenters. The molecule has 0 N–H and O–H groups in total. The van der Waals surface area contributed by atoms with Gasteiger partial charge in [0.15, 0.2) is 17.2 Å². The van der Waals surface area contributed by atoms with E-state index in [1.807, 2.05) is 17.0 Å². The van der Waals surface area contributed by atoms with Crippen molar-refractivity contribution in [2.45, 2.75) is 12.3 Å². The summed E-state index contributed by atoms with van der Waals surface area (Å²) in [7, 11) is 1.75. The number of ether oxygens (including phenoxy) is 2. The first kappa shape index (κ1) is 13.1. The van der Waals surface area contributed by atoms with Crippen LogP contribution in [-0.2, 0) is 7.05 Å². The molecule has 1 amide bonds. The molecule has 2 aliphatic heterocycles. The second kappa shape index (κ2) is 5.01. The fourth-order valence-electron chi connectivity index (χ4n) is 2.99. The minimum atomic E-state index is -0.0589. The average Bonchev–Trinajstić information content (AvgIpc) is 3.25. The molecular weight excluding hydrogens is 284 g/mol. The molecule has 7 heteroatoms. The summed E-state index contributed by atoms with van der Waals surface area (Å²) in [5, 5.41) is 7.70. The first-order valence-corrected chi connectivity index (χ1v) is 7.26. The molecule has 22 heavy (non-hydrogen) atoms. The molecule has 0 bridgehead atoms. The molecule has 0 radical (unpaired) electrons. The van der Waals surface area contributed by atoms with Crippen LogP contribution in [-0.4, -0.2) is 45.7 Å². The zero-order valence-corrected chi connectivity index (χ0v) is 12.2. The summed E-state index contributed by atoms with van der Waals surface area (Å²) in [6.45, 7) is 1.70. The van der Waals surface area contributed by atoms with E-state index in [-0.39, 0.29) is 12.7 Å². The molecule has 1 fully saturated rings. The van der Waals surface area contributed by atoms with Crippen LogP contribution in [0.5, 0.6) is 11.5 Å². The van der Waals surface area contributed by atoms with Crippen LogP contribution in [0.25, 0.3) is 0 Å². The number of nitrogens with zero attached hydrogens (tertiary/aromatic N) is 4. The average molecular weight is 300 g/mol. The Morgan fingerprint density at radius 3 is 3.00 bits per heavy atom.